The summed E-state index contributed by atoms with van der Waals surface area (Å²) in [6.07, 6.45) is 3.96. The summed E-state index contributed by atoms with van der Waals surface area (Å²) in [4.78, 5) is 0. The molecular weight excluding hydrogens is 210 g/mol. The van der Waals surface area contributed by atoms with Crippen LogP contribution in [-0.2, 0) is 6.54 Å². The fraction of sp³-hybridized carbons (Fsp3) is 0.500. The lowest BCUT2D eigenvalue weighted by molar-refractivity contribution is 0.334. The molecule has 0 heterocycles. The molecule has 15 heavy (non-hydrogen) atoms. The van der Waals surface area contributed by atoms with E-state index in [9.17, 15) is 0 Å². The quantitative estimate of drug-likeness (QED) is 0.851. The molecule has 1 aliphatic carbocycles. The van der Waals surface area contributed by atoms with Gasteiger partial charge in [0.2, 0.25) is 0 Å². The third kappa shape index (κ3) is 2.64. The monoisotopic (exact) mass is 225 g/mol. The molecule has 1 fully saturated rings. The van der Waals surface area contributed by atoms with Crippen molar-refractivity contribution in [1.29, 1.82) is 0 Å². The number of ether oxygens (including phenoxy) is 1. The van der Waals surface area contributed by atoms with Crippen LogP contribution in [0.4, 0.5) is 0 Å². The molecule has 1 N–H and O–H groups in total. The molecule has 1 aromatic carbocycles. The smallest absolute Gasteiger partial charge is 0.124 e. The molecule has 0 amide bonds. The molecule has 2 rings (SSSR count). The second kappa shape index (κ2) is 4.86. The number of nitrogens with one attached hydrogen (secondary N) is 1. The van der Waals surface area contributed by atoms with E-state index in [1.54, 1.807) is 7.11 Å². The molecule has 0 saturated heterocycles. The Kier molecular flexibility index (Phi) is 3.49. The van der Waals surface area contributed by atoms with Crippen molar-refractivity contribution in [3.8, 4) is 5.75 Å². The molecule has 1 aliphatic rings. The van der Waals surface area contributed by atoms with E-state index in [-0.39, 0.29) is 0 Å². The largest absolute Gasteiger partial charge is 0.496 e. The number of halogens is 1. The van der Waals surface area contributed by atoms with E-state index in [1.165, 1.54) is 24.8 Å². The fourth-order valence-electron chi connectivity index (χ4n) is 1.73. The zero-order valence-corrected chi connectivity index (χ0v) is 9.68. The Morgan fingerprint density at radius 1 is 1.47 bits per heavy atom. The van der Waals surface area contributed by atoms with Crippen LogP contribution in [0.15, 0.2) is 18.2 Å². The van der Waals surface area contributed by atoms with Crippen LogP contribution in [0.1, 0.15) is 24.8 Å². The Bertz CT molecular complexity index is 336. The summed E-state index contributed by atoms with van der Waals surface area (Å²) in [5.74, 6) is 0.870. The SMILES string of the molecule is COc1cc(Cl)ccc1CNC1CCC1. The zero-order valence-electron chi connectivity index (χ0n) is 8.92. The normalized spacial score (nSPS) is 16.1. The maximum atomic E-state index is 5.90. The van der Waals surface area contributed by atoms with Gasteiger partial charge in [-0.2, -0.15) is 0 Å². The highest BCUT2D eigenvalue weighted by atomic mass is 35.5. The summed E-state index contributed by atoms with van der Waals surface area (Å²) in [5, 5.41) is 4.23. The van der Waals surface area contributed by atoms with Gasteiger partial charge in [-0.3, -0.25) is 0 Å². The van der Waals surface area contributed by atoms with Crippen molar-refractivity contribution in [3.63, 3.8) is 0 Å². The summed E-state index contributed by atoms with van der Waals surface area (Å²) in [7, 11) is 1.68. The second-order valence-corrected chi connectivity index (χ2v) is 4.40. The average Bonchev–Trinajstić information content (AvgIpc) is 2.17. The highest BCUT2D eigenvalue weighted by molar-refractivity contribution is 6.30. The summed E-state index contributed by atoms with van der Waals surface area (Å²) < 4.78 is 5.29. The molecule has 0 unspecified atom stereocenters. The van der Waals surface area contributed by atoms with Crippen molar-refractivity contribution in [2.24, 2.45) is 0 Å². The maximum Gasteiger partial charge on any atom is 0.124 e. The number of hydrogen-bond donors (Lipinski definition) is 1. The lowest BCUT2D eigenvalue weighted by Gasteiger charge is -2.26. The van der Waals surface area contributed by atoms with E-state index in [0.29, 0.717) is 6.04 Å². The highest BCUT2D eigenvalue weighted by Crippen LogP contribution is 2.24. The molecule has 1 saturated carbocycles. The van der Waals surface area contributed by atoms with Gasteiger partial charge >= 0.3 is 0 Å². The predicted molar refractivity (Wildman–Crippen MR) is 62.5 cm³/mol. The van der Waals surface area contributed by atoms with E-state index in [0.717, 1.165) is 17.3 Å². The molecule has 0 aromatic heterocycles. The van der Waals surface area contributed by atoms with Gasteiger partial charge in [-0.1, -0.05) is 24.1 Å². The minimum absolute atomic E-state index is 0.699. The number of benzene rings is 1. The van der Waals surface area contributed by atoms with Gasteiger partial charge in [0.15, 0.2) is 0 Å². The molecule has 0 bridgehead atoms. The van der Waals surface area contributed by atoms with Gasteiger partial charge in [0.1, 0.15) is 5.75 Å². The Hall–Kier alpha value is -0.730. The van der Waals surface area contributed by atoms with Gasteiger partial charge in [0.05, 0.1) is 7.11 Å². The van der Waals surface area contributed by atoms with Gasteiger partial charge in [0.25, 0.3) is 0 Å². The van der Waals surface area contributed by atoms with Gasteiger partial charge in [0, 0.05) is 23.2 Å². The lowest BCUT2D eigenvalue weighted by Crippen LogP contribution is -2.34. The molecule has 2 nitrogen and oxygen atoms in total. The summed E-state index contributed by atoms with van der Waals surface area (Å²) >= 11 is 5.90. The molecule has 0 radical (unpaired) electrons. The molecule has 0 aliphatic heterocycles. The summed E-state index contributed by atoms with van der Waals surface area (Å²) in [5.41, 5.74) is 1.17. The van der Waals surface area contributed by atoms with Crippen LogP contribution in [-0.4, -0.2) is 13.2 Å². The maximum absolute atomic E-state index is 5.90. The van der Waals surface area contributed by atoms with E-state index >= 15 is 0 Å². The zero-order chi connectivity index (χ0) is 10.7. The number of rotatable bonds is 4. The first-order chi connectivity index (χ1) is 7.29. The molecule has 0 spiro atoms. The van der Waals surface area contributed by atoms with Crippen molar-refractivity contribution in [2.45, 2.75) is 31.8 Å². The Balaban J connectivity index is 1.99. The molecular formula is C12H16ClNO. The van der Waals surface area contributed by atoms with Crippen LogP contribution in [0.3, 0.4) is 0 Å². The van der Waals surface area contributed by atoms with Crippen molar-refractivity contribution < 1.29 is 4.74 Å². The third-order valence-electron chi connectivity index (χ3n) is 2.94. The van der Waals surface area contributed by atoms with Crippen LogP contribution in [0.5, 0.6) is 5.75 Å². The second-order valence-electron chi connectivity index (χ2n) is 3.96. The van der Waals surface area contributed by atoms with Crippen LogP contribution in [0.25, 0.3) is 0 Å². The first kappa shape index (κ1) is 10.8. The van der Waals surface area contributed by atoms with Crippen LogP contribution in [0, 0.1) is 0 Å². The minimum Gasteiger partial charge on any atom is -0.496 e. The molecule has 1 aromatic rings. The summed E-state index contributed by atoms with van der Waals surface area (Å²) in [6.45, 7) is 0.866. The lowest BCUT2D eigenvalue weighted by atomic mass is 9.93. The molecule has 82 valence electrons. The van der Waals surface area contributed by atoms with Gasteiger partial charge in [-0.05, 0) is 25.0 Å². The Labute approximate surface area is 95.6 Å². The van der Waals surface area contributed by atoms with Crippen molar-refractivity contribution >= 4 is 11.6 Å². The Morgan fingerprint density at radius 3 is 2.87 bits per heavy atom. The van der Waals surface area contributed by atoms with Gasteiger partial charge in [-0.15, -0.1) is 0 Å². The van der Waals surface area contributed by atoms with Crippen LogP contribution >= 0.6 is 11.6 Å². The Morgan fingerprint density at radius 2 is 2.27 bits per heavy atom. The van der Waals surface area contributed by atoms with E-state index < -0.39 is 0 Å². The van der Waals surface area contributed by atoms with E-state index in [4.69, 9.17) is 16.3 Å². The van der Waals surface area contributed by atoms with E-state index in [1.807, 2.05) is 18.2 Å². The first-order valence-corrected chi connectivity index (χ1v) is 5.73. The average molecular weight is 226 g/mol. The standard InChI is InChI=1S/C12H16ClNO/c1-15-12-7-10(13)6-5-9(12)8-14-11-3-2-4-11/h5-7,11,14H,2-4,8H2,1H3. The van der Waals surface area contributed by atoms with Crippen molar-refractivity contribution in [3.05, 3.63) is 28.8 Å². The topological polar surface area (TPSA) is 21.3 Å². The van der Waals surface area contributed by atoms with Crippen molar-refractivity contribution in [2.75, 3.05) is 7.11 Å². The van der Waals surface area contributed by atoms with Gasteiger partial charge < -0.3 is 10.1 Å². The van der Waals surface area contributed by atoms with E-state index in [2.05, 4.69) is 5.32 Å². The van der Waals surface area contributed by atoms with Crippen LogP contribution < -0.4 is 10.1 Å². The fourth-order valence-corrected chi connectivity index (χ4v) is 1.89. The predicted octanol–water partition coefficient (Wildman–Crippen LogP) is 2.99. The first-order valence-electron chi connectivity index (χ1n) is 5.35. The number of methoxy groups -OCH3 is 1. The number of hydrogen-bond acceptors (Lipinski definition) is 2. The molecule has 0 atom stereocenters. The van der Waals surface area contributed by atoms with Crippen molar-refractivity contribution in [1.82, 2.24) is 5.32 Å². The highest BCUT2D eigenvalue weighted by Gasteiger charge is 2.16. The minimum atomic E-state index is 0.699. The molecule has 3 heteroatoms. The van der Waals surface area contributed by atoms with Gasteiger partial charge in [-0.25, -0.2) is 0 Å². The van der Waals surface area contributed by atoms with Crippen LogP contribution in [0.2, 0.25) is 5.02 Å². The summed E-state index contributed by atoms with van der Waals surface area (Å²) in [6, 6.07) is 6.49. The third-order valence-corrected chi connectivity index (χ3v) is 3.17.